The van der Waals surface area contributed by atoms with Gasteiger partial charge >= 0.3 is 0 Å². The number of sulfonamides is 1. The molecule has 1 amide bonds. The normalized spacial score (nSPS) is 12.2. The van der Waals surface area contributed by atoms with Gasteiger partial charge in [-0.3, -0.25) is 9.78 Å². The predicted octanol–water partition coefficient (Wildman–Crippen LogP) is 2.50. The fourth-order valence-corrected chi connectivity index (χ4v) is 3.76. The van der Waals surface area contributed by atoms with Gasteiger partial charge in [-0.1, -0.05) is 12.1 Å². The van der Waals surface area contributed by atoms with Crippen LogP contribution in [0.1, 0.15) is 12.5 Å². The molecule has 2 aromatic heterocycles. The van der Waals surface area contributed by atoms with Crippen LogP contribution in [0.15, 0.2) is 72.0 Å². The highest BCUT2D eigenvalue weighted by Gasteiger charge is 2.25. The highest BCUT2D eigenvalue weighted by molar-refractivity contribution is 7.89. The van der Waals surface area contributed by atoms with E-state index in [0.717, 1.165) is 17.7 Å². The number of hydrogen-bond acceptors (Lipinski definition) is 6. The molecule has 0 unspecified atom stereocenters. The molecule has 2 N–H and O–H groups in total. The Labute approximate surface area is 173 Å². The van der Waals surface area contributed by atoms with Crippen molar-refractivity contribution in [2.24, 2.45) is 0 Å². The van der Waals surface area contributed by atoms with Crippen molar-refractivity contribution in [3.63, 3.8) is 0 Å². The minimum Gasteiger partial charge on any atom is -0.485 e. The number of ether oxygens (including phenoxy) is 1. The zero-order valence-electron chi connectivity index (χ0n) is 15.9. The molecule has 0 spiro atoms. The minimum absolute atomic E-state index is 0.133. The first-order chi connectivity index (χ1) is 14.4. The Bertz CT molecular complexity index is 1130. The van der Waals surface area contributed by atoms with Crippen LogP contribution in [0.5, 0.6) is 5.75 Å². The van der Waals surface area contributed by atoms with Crippen LogP contribution in [0.2, 0.25) is 0 Å². The Balaban J connectivity index is 1.68. The number of carbonyl (C=O) groups excluding carboxylic acids is 1. The van der Waals surface area contributed by atoms with Gasteiger partial charge in [-0.15, -0.1) is 0 Å². The first kappa shape index (κ1) is 21.3. The standard InChI is InChI=1S/C20H19FN4O4S/c1-14(25-30(27,28)18-7-3-2-5-16(18)21)20(26)24-19-17(6-4-10-23-19)29-13-15-8-11-22-12-9-15/h2-12,14,25H,13H2,1H3,(H,23,24,26)/t14-/m0/s1. The van der Waals surface area contributed by atoms with E-state index in [-0.39, 0.29) is 12.4 Å². The monoisotopic (exact) mass is 430 g/mol. The first-order valence-electron chi connectivity index (χ1n) is 8.91. The average molecular weight is 430 g/mol. The van der Waals surface area contributed by atoms with Gasteiger partial charge in [0, 0.05) is 18.6 Å². The summed E-state index contributed by atoms with van der Waals surface area (Å²) >= 11 is 0. The third kappa shape index (κ3) is 5.37. The van der Waals surface area contributed by atoms with Crippen LogP contribution < -0.4 is 14.8 Å². The topological polar surface area (TPSA) is 110 Å². The van der Waals surface area contributed by atoms with E-state index in [1.54, 1.807) is 36.7 Å². The summed E-state index contributed by atoms with van der Waals surface area (Å²) in [5, 5.41) is 2.53. The second-order valence-electron chi connectivity index (χ2n) is 6.26. The number of anilines is 1. The Morgan fingerprint density at radius 1 is 1.10 bits per heavy atom. The number of pyridine rings is 2. The summed E-state index contributed by atoms with van der Waals surface area (Å²) < 4.78 is 46.4. The Hall–Kier alpha value is -3.37. The number of carbonyl (C=O) groups is 1. The van der Waals surface area contributed by atoms with Crippen LogP contribution in [0, 0.1) is 5.82 Å². The predicted molar refractivity (Wildman–Crippen MR) is 108 cm³/mol. The molecule has 1 atom stereocenters. The SMILES string of the molecule is C[C@H](NS(=O)(=O)c1ccccc1F)C(=O)Nc1ncccc1OCc1ccncc1. The molecule has 0 fully saturated rings. The number of halogens is 1. The third-order valence-corrected chi connectivity index (χ3v) is 5.58. The van der Waals surface area contributed by atoms with E-state index in [4.69, 9.17) is 4.74 Å². The van der Waals surface area contributed by atoms with E-state index in [9.17, 15) is 17.6 Å². The summed E-state index contributed by atoms with van der Waals surface area (Å²) in [6, 6.07) is 10.6. The second-order valence-corrected chi connectivity index (χ2v) is 7.94. The fourth-order valence-electron chi connectivity index (χ4n) is 2.48. The van der Waals surface area contributed by atoms with Crippen LogP contribution in [0.4, 0.5) is 10.2 Å². The highest BCUT2D eigenvalue weighted by atomic mass is 32.2. The molecule has 156 valence electrons. The van der Waals surface area contributed by atoms with Gasteiger partial charge in [0.1, 0.15) is 17.3 Å². The number of nitrogens with zero attached hydrogens (tertiary/aromatic N) is 2. The summed E-state index contributed by atoms with van der Waals surface area (Å²) in [6.45, 7) is 1.57. The van der Waals surface area contributed by atoms with E-state index in [2.05, 4.69) is 20.0 Å². The molecule has 3 aromatic rings. The Morgan fingerprint density at radius 3 is 2.57 bits per heavy atom. The summed E-state index contributed by atoms with van der Waals surface area (Å²) in [5.41, 5.74) is 0.872. The van der Waals surface area contributed by atoms with Crippen molar-refractivity contribution in [1.82, 2.24) is 14.7 Å². The van der Waals surface area contributed by atoms with Crippen LogP contribution in [0.25, 0.3) is 0 Å². The number of amides is 1. The van der Waals surface area contributed by atoms with Crippen molar-refractivity contribution in [2.45, 2.75) is 24.5 Å². The summed E-state index contributed by atoms with van der Waals surface area (Å²) in [7, 11) is -4.23. The third-order valence-electron chi connectivity index (χ3n) is 4.01. The zero-order chi connectivity index (χ0) is 21.6. The van der Waals surface area contributed by atoms with Gasteiger partial charge in [0.05, 0.1) is 6.04 Å². The molecule has 0 saturated heterocycles. The van der Waals surface area contributed by atoms with E-state index in [0.29, 0.717) is 5.75 Å². The maximum absolute atomic E-state index is 13.8. The quantitative estimate of drug-likeness (QED) is 0.568. The van der Waals surface area contributed by atoms with Gasteiger partial charge in [0.2, 0.25) is 15.9 Å². The lowest BCUT2D eigenvalue weighted by atomic mass is 10.3. The molecule has 30 heavy (non-hydrogen) atoms. The molecular weight excluding hydrogens is 411 g/mol. The summed E-state index contributed by atoms with van der Waals surface area (Å²) in [5.74, 6) is -1.14. The Kier molecular flexibility index (Phi) is 6.70. The summed E-state index contributed by atoms with van der Waals surface area (Å²) in [4.78, 5) is 20.0. The van der Waals surface area contributed by atoms with Crippen molar-refractivity contribution < 1.29 is 22.3 Å². The number of benzene rings is 1. The molecule has 0 saturated carbocycles. The zero-order valence-corrected chi connectivity index (χ0v) is 16.8. The van der Waals surface area contributed by atoms with Crippen molar-refractivity contribution in [2.75, 3.05) is 5.32 Å². The number of rotatable bonds is 8. The van der Waals surface area contributed by atoms with E-state index < -0.39 is 32.7 Å². The molecule has 2 heterocycles. The number of nitrogens with one attached hydrogen (secondary N) is 2. The van der Waals surface area contributed by atoms with Gasteiger partial charge in [0.25, 0.3) is 0 Å². The smallest absolute Gasteiger partial charge is 0.244 e. The molecule has 0 radical (unpaired) electrons. The van der Waals surface area contributed by atoms with Gasteiger partial charge in [-0.2, -0.15) is 4.72 Å². The first-order valence-corrected chi connectivity index (χ1v) is 10.4. The summed E-state index contributed by atoms with van der Waals surface area (Å²) in [6.07, 6.45) is 4.73. The molecule has 0 aliphatic carbocycles. The van der Waals surface area contributed by atoms with Gasteiger partial charge < -0.3 is 10.1 Å². The second kappa shape index (κ2) is 9.42. The lowest BCUT2D eigenvalue weighted by Crippen LogP contribution is -2.41. The molecule has 3 rings (SSSR count). The molecular formula is C20H19FN4O4S. The maximum Gasteiger partial charge on any atom is 0.244 e. The molecule has 10 heteroatoms. The van der Waals surface area contributed by atoms with Crippen molar-refractivity contribution >= 4 is 21.7 Å². The van der Waals surface area contributed by atoms with Crippen LogP contribution in [-0.2, 0) is 21.4 Å². The molecule has 1 aromatic carbocycles. The van der Waals surface area contributed by atoms with Gasteiger partial charge in [-0.05, 0) is 48.9 Å². The maximum atomic E-state index is 13.8. The van der Waals surface area contributed by atoms with Gasteiger partial charge in [-0.25, -0.2) is 17.8 Å². The van der Waals surface area contributed by atoms with Gasteiger partial charge in [0.15, 0.2) is 11.6 Å². The van der Waals surface area contributed by atoms with Crippen LogP contribution in [-0.4, -0.2) is 30.3 Å². The largest absolute Gasteiger partial charge is 0.485 e. The lowest BCUT2D eigenvalue weighted by Gasteiger charge is -2.16. The van der Waals surface area contributed by atoms with Crippen LogP contribution in [0.3, 0.4) is 0 Å². The van der Waals surface area contributed by atoms with Crippen molar-refractivity contribution in [1.29, 1.82) is 0 Å². The van der Waals surface area contributed by atoms with E-state index in [1.807, 2.05) is 0 Å². The fraction of sp³-hybridized carbons (Fsp3) is 0.150. The molecule has 0 bridgehead atoms. The van der Waals surface area contributed by atoms with Crippen molar-refractivity contribution in [3.8, 4) is 5.75 Å². The van der Waals surface area contributed by atoms with E-state index in [1.165, 1.54) is 25.3 Å². The average Bonchev–Trinajstić information content (AvgIpc) is 2.73. The van der Waals surface area contributed by atoms with Crippen molar-refractivity contribution in [3.05, 3.63) is 78.5 Å². The lowest BCUT2D eigenvalue weighted by molar-refractivity contribution is -0.117. The van der Waals surface area contributed by atoms with Crippen LogP contribution >= 0.6 is 0 Å². The molecule has 0 aliphatic heterocycles. The minimum atomic E-state index is -4.23. The Morgan fingerprint density at radius 2 is 1.83 bits per heavy atom. The molecule has 8 nitrogen and oxygen atoms in total. The molecule has 0 aliphatic rings. The number of hydrogen-bond donors (Lipinski definition) is 2. The highest BCUT2D eigenvalue weighted by Crippen LogP contribution is 2.22. The van der Waals surface area contributed by atoms with E-state index >= 15 is 0 Å². The number of aromatic nitrogens is 2.